The standard InChI is InChI=1S/C18H21FN2O4S/c1-25-17-7-4-3-6-16(17)21(26(2,23)24)13-5-8-18(22)20-15-11-9-14(19)10-12-15/h3-4,6-7,9-12H,5,8,13H2,1-2H3,(H,20,22). The summed E-state index contributed by atoms with van der Waals surface area (Å²) in [5.41, 5.74) is 0.914. The summed E-state index contributed by atoms with van der Waals surface area (Å²) in [7, 11) is -2.06. The molecule has 0 saturated carbocycles. The number of ether oxygens (including phenoxy) is 1. The summed E-state index contributed by atoms with van der Waals surface area (Å²) in [5.74, 6) is -0.220. The van der Waals surface area contributed by atoms with Crippen molar-refractivity contribution in [2.75, 3.05) is 29.5 Å². The van der Waals surface area contributed by atoms with E-state index in [9.17, 15) is 17.6 Å². The normalized spacial score (nSPS) is 11.0. The SMILES string of the molecule is COc1ccccc1N(CCCC(=O)Nc1ccc(F)cc1)S(C)(=O)=O. The number of anilines is 2. The molecule has 0 aliphatic rings. The minimum absolute atomic E-state index is 0.124. The van der Waals surface area contributed by atoms with E-state index in [0.29, 0.717) is 23.5 Å². The summed E-state index contributed by atoms with van der Waals surface area (Å²) in [6.07, 6.45) is 1.55. The van der Waals surface area contributed by atoms with Crippen LogP contribution in [0, 0.1) is 5.82 Å². The first-order valence-electron chi connectivity index (χ1n) is 7.97. The molecule has 0 atom stereocenters. The average molecular weight is 380 g/mol. The molecule has 2 aromatic carbocycles. The van der Waals surface area contributed by atoms with E-state index in [4.69, 9.17) is 4.74 Å². The Morgan fingerprint density at radius 1 is 1.15 bits per heavy atom. The number of benzene rings is 2. The monoisotopic (exact) mass is 380 g/mol. The molecule has 26 heavy (non-hydrogen) atoms. The molecule has 0 unspecified atom stereocenters. The van der Waals surface area contributed by atoms with Crippen LogP contribution in [0.1, 0.15) is 12.8 Å². The average Bonchev–Trinajstić information content (AvgIpc) is 2.60. The van der Waals surface area contributed by atoms with Gasteiger partial charge in [0, 0.05) is 18.7 Å². The van der Waals surface area contributed by atoms with Crippen molar-refractivity contribution in [3.8, 4) is 5.75 Å². The maximum absolute atomic E-state index is 12.9. The second-order valence-electron chi connectivity index (χ2n) is 5.67. The zero-order valence-electron chi connectivity index (χ0n) is 14.6. The second kappa shape index (κ2) is 8.66. The van der Waals surface area contributed by atoms with Crippen molar-refractivity contribution < 1.29 is 22.3 Å². The zero-order chi connectivity index (χ0) is 19.2. The third-order valence-electron chi connectivity index (χ3n) is 3.65. The number of sulfonamides is 1. The number of nitrogens with zero attached hydrogens (tertiary/aromatic N) is 1. The van der Waals surface area contributed by atoms with E-state index >= 15 is 0 Å². The van der Waals surface area contributed by atoms with Gasteiger partial charge in [-0.1, -0.05) is 12.1 Å². The molecule has 8 heteroatoms. The summed E-state index contributed by atoms with van der Waals surface area (Å²) < 4.78 is 43.6. The molecule has 6 nitrogen and oxygen atoms in total. The summed E-state index contributed by atoms with van der Waals surface area (Å²) in [6.45, 7) is 0.135. The lowest BCUT2D eigenvalue weighted by atomic mass is 10.2. The maximum atomic E-state index is 12.9. The summed E-state index contributed by atoms with van der Waals surface area (Å²) in [5, 5.41) is 2.65. The van der Waals surface area contributed by atoms with E-state index in [1.165, 1.54) is 35.7 Å². The molecule has 140 valence electrons. The Morgan fingerprint density at radius 3 is 2.42 bits per heavy atom. The molecule has 0 heterocycles. The minimum Gasteiger partial charge on any atom is -0.495 e. The molecule has 2 rings (SSSR count). The fourth-order valence-electron chi connectivity index (χ4n) is 2.44. The van der Waals surface area contributed by atoms with Crippen molar-refractivity contribution in [1.82, 2.24) is 0 Å². The molecule has 0 fully saturated rings. The highest BCUT2D eigenvalue weighted by molar-refractivity contribution is 7.92. The second-order valence-corrected chi connectivity index (χ2v) is 7.57. The number of methoxy groups -OCH3 is 1. The number of nitrogens with one attached hydrogen (secondary N) is 1. The Labute approximate surface area is 152 Å². The lowest BCUT2D eigenvalue weighted by molar-refractivity contribution is -0.116. The highest BCUT2D eigenvalue weighted by Crippen LogP contribution is 2.29. The van der Waals surface area contributed by atoms with Crippen LogP contribution in [0.5, 0.6) is 5.75 Å². The summed E-state index contributed by atoms with van der Waals surface area (Å²) >= 11 is 0. The molecule has 1 N–H and O–H groups in total. The predicted octanol–water partition coefficient (Wildman–Crippen LogP) is 3.02. The number of carbonyl (C=O) groups is 1. The van der Waals surface area contributed by atoms with E-state index in [2.05, 4.69) is 5.32 Å². The molecule has 2 aromatic rings. The summed E-state index contributed by atoms with van der Waals surface area (Å²) in [4.78, 5) is 12.0. The number of hydrogen-bond donors (Lipinski definition) is 1. The van der Waals surface area contributed by atoms with Gasteiger partial charge < -0.3 is 10.1 Å². The fourth-order valence-corrected chi connectivity index (χ4v) is 3.41. The Balaban J connectivity index is 2.00. The van der Waals surface area contributed by atoms with Gasteiger partial charge in [0.25, 0.3) is 0 Å². The largest absolute Gasteiger partial charge is 0.495 e. The highest BCUT2D eigenvalue weighted by Gasteiger charge is 2.20. The summed E-state index contributed by atoms with van der Waals surface area (Å²) in [6, 6.07) is 12.2. The Hall–Kier alpha value is -2.61. The van der Waals surface area contributed by atoms with Gasteiger partial charge in [0.2, 0.25) is 15.9 Å². The Morgan fingerprint density at radius 2 is 1.81 bits per heavy atom. The quantitative estimate of drug-likeness (QED) is 0.764. The van der Waals surface area contributed by atoms with Crippen LogP contribution < -0.4 is 14.4 Å². The van der Waals surface area contributed by atoms with Gasteiger partial charge in [-0.3, -0.25) is 9.10 Å². The van der Waals surface area contributed by atoms with Crippen molar-refractivity contribution in [2.45, 2.75) is 12.8 Å². The van der Waals surface area contributed by atoms with Crippen molar-refractivity contribution in [1.29, 1.82) is 0 Å². The fraction of sp³-hybridized carbons (Fsp3) is 0.278. The maximum Gasteiger partial charge on any atom is 0.232 e. The van der Waals surface area contributed by atoms with E-state index in [0.717, 1.165) is 6.26 Å². The van der Waals surface area contributed by atoms with E-state index < -0.39 is 10.0 Å². The number of carbonyl (C=O) groups excluding carboxylic acids is 1. The van der Waals surface area contributed by atoms with Crippen LogP contribution in [0.4, 0.5) is 15.8 Å². The molecule has 0 spiro atoms. The van der Waals surface area contributed by atoms with Crippen LogP contribution in [0.2, 0.25) is 0 Å². The molecule has 0 saturated heterocycles. The molecule has 0 aliphatic heterocycles. The number of amides is 1. The van der Waals surface area contributed by atoms with E-state index in [1.54, 1.807) is 24.3 Å². The third-order valence-corrected chi connectivity index (χ3v) is 4.83. The predicted molar refractivity (Wildman–Crippen MR) is 99.4 cm³/mol. The number of para-hydroxylation sites is 2. The van der Waals surface area contributed by atoms with Gasteiger partial charge in [0.05, 0.1) is 19.1 Å². The lowest BCUT2D eigenvalue weighted by Gasteiger charge is -2.24. The van der Waals surface area contributed by atoms with Crippen molar-refractivity contribution in [3.05, 3.63) is 54.3 Å². The van der Waals surface area contributed by atoms with E-state index in [1.807, 2.05) is 0 Å². The molecular formula is C18H21FN2O4S. The molecule has 1 amide bonds. The van der Waals surface area contributed by atoms with Crippen LogP contribution in [-0.2, 0) is 14.8 Å². The number of halogens is 1. The number of hydrogen-bond acceptors (Lipinski definition) is 4. The Kier molecular flexibility index (Phi) is 6.57. The molecule has 0 bridgehead atoms. The molecule has 0 radical (unpaired) electrons. The van der Waals surface area contributed by atoms with Crippen LogP contribution in [0.15, 0.2) is 48.5 Å². The van der Waals surface area contributed by atoms with Crippen LogP contribution >= 0.6 is 0 Å². The highest BCUT2D eigenvalue weighted by atomic mass is 32.2. The van der Waals surface area contributed by atoms with Crippen LogP contribution in [0.3, 0.4) is 0 Å². The van der Waals surface area contributed by atoms with Gasteiger partial charge in [-0.2, -0.15) is 0 Å². The minimum atomic E-state index is -3.53. The first-order chi connectivity index (χ1) is 12.3. The lowest BCUT2D eigenvalue weighted by Crippen LogP contribution is -2.31. The van der Waals surface area contributed by atoms with Crippen molar-refractivity contribution >= 4 is 27.3 Å². The van der Waals surface area contributed by atoms with Gasteiger partial charge in [0.15, 0.2) is 0 Å². The first-order valence-corrected chi connectivity index (χ1v) is 9.82. The van der Waals surface area contributed by atoms with Gasteiger partial charge in [-0.05, 0) is 42.8 Å². The van der Waals surface area contributed by atoms with Gasteiger partial charge in [0.1, 0.15) is 11.6 Å². The first kappa shape index (κ1) is 19.7. The van der Waals surface area contributed by atoms with Gasteiger partial charge in [-0.15, -0.1) is 0 Å². The topological polar surface area (TPSA) is 75.7 Å². The Bertz CT molecular complexity index is 854. The van der Waals surface area contributed by atoms with E-state index in [-0.39, 0.29) is 24.7 Å². The molecule has 0 aliphatic carbocycles. The van der Waals surface area contributed by atoms with Crippen molar-refractivity contribution in [3.63, 3.8) is 0 Å². The van der Waals surface area contributed by atoms with Gasteiger partial charge >= 0.3 is 0 Å². The van der Waals surface area contributed by atoms with Gasteiger partial charge in [-0.25, -0.2) is 12.8 Å². The smallest absolute Gasteiger partial charge is 0.232 e. The molecule has 0 aromatic heterocycles. The zero-order valence-corrected chi connectivity index (χ0v) is 15.4. The van der Waals surface area contributed by atoms with Crippen molar-refractivity contribution in [2.24, 2.45) is 0 Å². The van der Waals surface area contributed by atoms with Crippen LogP contribution in [-0.4, -0.2) is 34.2 Å². The third kappa shape index (κ3) is 5.45. The van der Waals surface area contributed by atoms with Crippen LogP contribution in [0.25, 0.3) is 0 Å². The number of rotatable bonds is 8. The molecular weight excluding hydrogens is 359 g/mol.